The van der Waals surface area contributed by atoms with Crippen LogP contribution in [0.3, 0.4) is 0 Å². The number of thioether (sulfide) groups is 1. The fourth-order valence-corrected chi connectivity index (χ4v) is 4.67. The van der Waals surface area contributed by atoms with Gasteiger partial charge >= 0.3 is 0 Å². The van der Waals surface area contributed by atoms with Gasteiger partial charge < -0.3 is 0 Å². The Hall–Kier alpha value is -1.99. The van der Waals surface area contributed by atoms with Gasteiger partial charge in [-0.1, -0.05) is 78.9 Å². The van der Waals surface area contributed by atoms with Crippen LogP contribution in [-0.4, -0.2) is 0 Å². The number of hydrogen-bond donors (Lipinski definition) is 0. The average molecular weight is 288 g/mol. The quantitative estimate of drug-likeness (QED) is 0.618. The molecule has 4 rings (SSSR count). The van der Waals surface area contributed by atoms with Gasteiger partial charge in [0.2, 0.25) is 0 Å². The molecule has 0 fully saturated rings. The molecule has 1 heteroatoms. The molecule has 1 aliphatic rings. The van der Waals surface area contributed by atoms with Crippen molar-refractivity contribution in [1.82, 2.24) is 0 Å². The highest BCUT2D eigenvalue weighted by molar-refractivity contribution is 8.00. The lowest BCUT2D eigenvalue weighted by atomic mass is 9.85. The lowest BCUT2D eigenvalue weighted by Gasteiger charge is -2.29. The Morgan fingerprint density at radius 2 is 1.14 bits per heavy atom. The highest BCUT2D eigenvalue weighted by Gasteiger charge is 2.41. The fourth-order valence-electron chi connectivity index (χ4n) is 3.14. The summed E-state index contributed by atoms with van der Waals surface area (Å²) in [6.07, 6.45) is 1.06. The number of fused-ring (bicyclic) bond motifs is 1. The molecule has 0 radical (unpaired) electrons. The van der Waals surface area contributed by atoms with Crippen LogP contribution in [0.1, 0.15) is 16.7 Å². The standard InChI is InChI=1S/C20H16S/c1-3-10-17(11-4-1)20(18-12-5-2-6-13-18)15-16-9-7-8-14-19(16)21-20/h1-14H,15H2. The van der Waals surface area contributed by atoms with Gasteiger partial charge in [-0.3, -0.25) is 0 Å². The molecule has 0 nitrogen and oxygen atoms in total. The van der Waals surface area contributed by atoms with E-state index in [-0.39, 0.29) is 4.75 Å². The summed E-state index contributed by atoms with van der Waals surface area (Å²) in [4.78, 5) is 1.41. The predicted octanol–water partition coefficient (Wildman–Crippen LogP) is 5.28. The van der Waals surface area contributed by atoms with Gasteiger partial charge in [-0.2, -0.15) is 0 Å². The van der Waals surface area contributed by atoms with Gasteiger partial charge in [-0.15, -0.1) is 11.8 Å². The number of rotatable bonds is 2. The molecule has 0 N–H and O–H groups in total. The first kappa shape index (κ1) is 12.7. The average Bonchev–Trinajstić information content (AvgIpc) is 2.97. The highest BCUT2D eigenvalue weighted by Crippen LogP contribution is 2.55. The maximum absolute atomic E-state index is 2.26. The van der Waals surface area contributed by atoms with Crippen molar-refractivity contribution in [2.75, 3.05) is 0 Å². The third-order valence-corrected chi connectivity index (χ3v) is 5.76. The van der Waals surface area contributed by atoms with Gasteiger partial charge in [-0.25, -0.2) is 0 Å². The highest BCUT2D eigenvalue weighted by atomic mass is 32.2. The smallest absolute Gasteiger partial charge is 0.0744 e. The zero-order valence-electron chi connectivity index (χ0n) is 11.7. The van der Waals surface area contributed by atoms with E-state index < -0.39 is 0 Å². The molecule has 1 aliphatic heterocycles. The molecule has 0 aliphatic carbocycles. The van der Waals surface area contributed by atoms with Gasteiger partial charge in [0.05, 0.1) is 4.75 Å². The molecular formula is C20H16S. The van der Waals surface area contributed by atoms with Crippen molar-refractivity contribution in [2.24, 2.45) is 0 Å². The topological polar surface area (TPSA) is 0 Å². The molecule has 0 unspecified atom stereocenters. The van der Waals surface area contributed by atoms with E-state index in [1.807, 2.05) is 11.8 Å². The third-order valence-electron chi connectivity index (χ3n) is 4.18. The van der Waals surface area contributed by atoms with Crippen LogP contribution in [0.25, 0.3) is 0 Å². The first-order chi connectivity index (χ1) is 10.4. The van der Waals surface area contributed by atoms with Gasteiger partial charge in [0.15, 0.2) is 0 Å². The van der Waals surface area contributed by atoms with E-state index in [1.165, 1.54) is 21.6 Å². The van der Waals surface area contributed by atoms with Crippen molar-refractivity contribution in [2.45, 2.75) is 16.1 Å². The largest absolute Gasteiger partial charge is 0.109 e. The van der Waals surface area contributed by atoms with Crippen LogP contribution in [0.5, 0.6) is 0 Å². The predicted molar refractivity (Wildman–Crippen MR) is 89.7 cm³/mol. The summed E-state index contributed by atoms with van der Waals surface area (Å²) < 4.78 is 0.00616. The van der Waals surface area contributed by atoms with Crippen molar-refractivity contribution >= 4 is 11.8 Å². The summed E-state index contributed by atoms with van der Waals surface area (Å²) in [6.45, 7) is 0. The maximum atomic E-state index is 2.26. The van der Waals surface area contributed by atoms with E-state index in [4.69, 9.17) is 0 Å². The minimum absolute atomic E-state index is 0.00616. The van der Waals surface area contributed by atoms with Crippen molar-refractivity contribution in [3.8, 4) is 0 Å². The Labute approximate surface area is 129 Å². The van der Waals surface area contributed by atoms with Crippen LogP contribution in [0.4, 0.5) is 0 Å². The molecule has 21 heavy (non-hydrogen) atoms. The van der Waals surface area contributed by atoms with E-state index in [2.05, 4.69) is 84.9 Å². The lowest BCUT2D eigenvalue weighted by molar-refractivity contribution is 0.751. The van der Waals surface area contributed by atoms with Crippen LogP contribution in [0, 0.1) is 0 Å². The Balaban J connectivity index is 1.90. The monoisotopic (exact) mass is 288 g/mol. The molecule has 0 atom stereocenters. The first-order valence-corrected chi connectivity index (χ1v) is 8.08. The second kappa shape index (κ2) is 5.09. The summed E-state index contributed by atoms with van der Waals surface area (Å²) in [5, 5.41) is 0. The minimum Gasteiger partial charge on any atom is -0.109 e. The van der Waals surface area contributed by atoms with Crippen LogP contribution in [0.2, 0.25) is 0 Å². The lowest BCUT2D eigenvalue weighted by Crippen LogP contribution is -2.22. The molecule has 0 spiro atoms. The molecular weight excluding hydrogens is 272 g/mol. The van der Waals surface area contributed by atoms with Gasteiger partial charge in [0.1, 0.15) is 0 Å². The van der Waals surface area contributed by atoms with Crippen LogP contribution in [-0.2, 0) is 11.2 Å². The SMILES string of the molecule is c1ccc(C2(c3ccccc3)Cc3ccccc3S2)cc1. The molecule has 0 bridgehead atoms. The van der Waals surface area contributed by atoms with E-state index in [1.54, 1.807) is 0 Å². The summed E-state index contributed by atoms with van der Waals surface area (Å²) >= 11 is 1.99. The number of benzene rings is 3. The Kier molecular flexibility index (Phi) is 3.08. The van der Waals surface area contributed by atoms with Crippen molar-refractivity contribution in [3.63, 3.8) is 0 Å². The van der Waals surface area contributed by atoms with Gasteiger partial charge in [-0.05, 0) is 29.2 Å². The summed E-state index contributed by atoms with van der Waals surface area (Å²) in [5.41, 5.74) is 4.23. The third kappa shape index (κ3) is 2.09. The summed E-state index contributed by atoms with van der Waals surface area (Å²) in [6, 6.07) is 30.6. The van der Waals surface area contributed by atoms with Crippen molar-refractivity contribution in [1.29, 1.82) is 0 Å². The first-order valence-electron chi connectivity index (χ1n) is 7.26. The number of hydrogen-bond acceptors (Lipinski definition) is 1. The zero-order chi connectivity index (χ0) is 14.1. The zero-order valence-corrected chi connectivity index (χ0v) is 12.5. The van der Waals surface area contributed by atoms with Gasteiger partial charge in [0.25, 0.3) is 0 Å². The molecule has 0 saturated carbocycles. The second-order valence-electron chi connectivity index (χ2n) is 5.45. The molecule has 3 aromatic carbocycles. The molecule has 1 heterocycles. The fraction of sp³-hybridized carbons (Fsp3) is 0.100. The van der Waals surface area contributed by atoms with Crippen LogP contribution in [0.15, 0.2) is 89.8 Å². The Morgan fingerprint density at radius 3 is 1.71 bits per heavy atom. The Bertz CT molecular complexity index is 681. The molecule has 0 amide bonds. The van der Waals surface area contributed by atoms with E-state index >= 15 is 0 Å². The van der Waals surface area contributed by atoms with E-state index in [0.717, 1.165) is 6.42 Å². The van der Waals surface area contributed by atoms with Gasteiger partial charge in [0, 0.05) is 4.90 Å². The molecule has 0 aromatic heterocycles. The van der Waals surface area contributed by atoms with Crippen LogP contribution < -0.4 is 0 Å². The van der Waals surface area contributed by atoms with E-state index in [0.29, 0.717) is 0 Å². The molecule has 3 aromatic rings. The summed E-state index contributed by atoms with van der Waals surface area (Å²) in [5.74, 6) is 0. The Morgan fingerprint density at radius 1 is 0.619 bits per heavy atom. The normalized spacial score (nSPS) is 15.6. The molecule has 0 saturated heterocycles. The maximum Gasteiger partial charge on any atom is 0.0744 e. The van der Waals surface area contributed by atoms with Crippen LogP contribution >= 0.6 is 11.8 Å². The molecule has 102 valence electrons. The van der Waals surface area contributed by atoms with Crippen molar-refractivity contribution in [3.05, 3.63) is 102 Å². The van der Waals surface area contributed by atoms with E-state index in [9.17, 15) is 0 Å². The van der Waals surface area contributed by atoms with Crippen molar-refractivity contribution < 1.29 is 0 Å². The minimum atomic E-state index is 0.00616. The summed E-state index contributed by atoms with van der Waals surface area (Å²) in [7, 11) is 0. The second-order valence-corrected chi connectivity index (χ2v) is 6.79.